The first kappa shape index (κ1) is 11.0. The summed E-state index contributed by atoms with van der Waals surface area (Å²) in [6.07, 6.45) is -3.10. The Hall–Kier alpha value is -1.10. The molecule has 2 N–H and O–H groups in total. The number of nitrogens with zero attached hydrogens (tertiary/aromatic N) is 1. The molecule has 0 fully saturated rings. The monoisotopic (exact) mass is 204 g/mol. The summed E-state index contributed by atoms with van der Waals surface area (Å²) in [4.78, 5) is 3.67. The maximum Gasteiger partial charge on any atom is 0.418 e. The standard InChI is InChI=1S/C9H11F3N2/c1-8(2,13)7-6(9(10,11)12)4-3-5-14-7/h3-5H,13H2,1-2H3. The largest absolute Gasteiger partial charge is 0.418 e. The lowest BCUT2D eigenvalue weighted by molar-refractivity contribution is -0.139. The number of hydrogen-bond acceptors (Lipinski definition) is 2. The molecule has 78 valence electrons. The highest BCUT2D eigenvalue weighted by Gasteiger charge is 2.37. The summed E-state index contributed by atoms with van der Waals surface area (Å²) in [5.41, 5.74) is 3.60. The molecule has 1 aromatic rings. The van der Waals surface area contributed by atoms with Crippen molar-refractivity contribution in [2.45, 2.75) is 25.6 Å². The molecule has 0 aromatic carbocycles. The fourth-order valence-corrected chi connectivity index (χ4v) is 1.15. The Labute approximate surface area is 79.9 Å². The van der Waals surface area contributed by atoms with E-state index in [1.807, 2.05) is 0 Å². The molecule has 1 heterocycles. The summed E-state index contributed by atoms with van der Waals surface area (Å²) < 4.78 is 37.4. The van der Waals surface area contributed by atoms with Crippen LogP contribution in [0.1, 0.15) is 25.1 Å². The van der Waals surface area contributed by atoms with Crippen molar-refractivity contribution >= 4 is 0 Å². The second-order valence-corrected chi connectivity index (χ2v) is 3.62. The second-order valence-electron chi connectivity index (χ2n) is 3.62. The molecule has 0 aliphatic rings. The number of nitrogens with two attached hydrogens (primary N) is 1. The van der Waals surface area contributed by atoms with Gasteiger partial charge in [0.05, 0.1) is 16.8 Å². The van der Waals surface area contributed by atoms with Crippen LogP contribution >= 0.6 is 0 Å². The van der Waals surface area contributed by atoms with E-state index < -0.39 is 17.3 Å². The van der Waals surface area contributed by atoms with E-state index >= 15 is 0 Å². The zero-order valence-corrected chi connectivity index (χ0v) is 7.89. The third kappa shape index (κ3) is 2.23. The van der Waals surface area contributed by atoms with Crippen LogP contribution in [0.5, 0.6) is 0 Å². The molecule has 2 nitrogen and oxygen atoms in total. The molecule has 0 saturated carbocycles. The van der Waals surface area contributed by atoms with Crippen LogP contribution in [-0.4, -0.2) is 4.98 Å². The number of halogens is 3. The van der Waals surface area contributed by atoms with Crippen molar-refractivity contribution in [1.29, 1.82) is 0 Å². The van der Waals surface area contributed by atoms with Gasteiger partial charge < -0.3 is 5.73 Å². The Morgan fingerprint density at radius 3 is 2.21 bits per heavy atom. The molecule has 5 heteroatoms. The van der Waals surface area contributed by atoms with Gasteiger partial charge in [-0.3, -0.25) is 4.98 Å². The van der Waals surface area contributed by atoms with Crippen LogP contribution in [0.2, 0.25) is 0 Å². The normalized spacial score (nSPS) is 13.0. The smallest absolute Gasteiger partial charge is 0.321 e. The Bertz CT molecular complexity index is 293. The first-order valence-corrected chi connectivity index (χ1v) is 4.04. The highest BCUT2D eigenvalue weighted by Crippen LogP contribution is 2.34. The van der Waals surface area contributed by atoms with Crippen molar-refractivity contribution in [3.05, 3.63) is 29.6 Å². The molecule has 0 bridgehead atoms. The van der Waals surface area contributed by atoms with Gasteiger partial charge in [0, 0.05) is 6.20 Å². The van der Waals surface area contributed by atoms with Crippen LogP contribution in [0.15, 0.2) is 18.3 Å². The van der Waals surface area contributed by atoms with Crippen molar-refractivity contribution in [1.82, 2.24) is 4.98 Å². The molecule has 0 aliphatic carbocycles. The van der Waals surface area contributed by atoms with Crippen molar-refractivity contribution in [3.63, 3.8) is 0 Å². The van der Waals surface area contributed by atoms with Crippen molar-refractivity contribution in [2.75, 3.05) is 0 Å². The van der Waals surface area contributed by atoms with Crippen LogP contribution in [0.3, 0.4) is 0 Å². The maximum absolute atomic E-state index is 12.5. The van der Waals surface area contributed by atoms with E-state index in [9.17, 15) is 13.2 Å². The molecule has 14 heavy (non-hydrogen) atoms. The highest BCUT2D eigenvalue weighted by atomic mass is 19.4. The first-order valence-electron chi connectivity index (χ1n) is 4.04. The molecule has 0 unspecified atom stereocenters. The number of pyridine rings is 1. The van der Waals surface area contributed by atoms with E-state index in [-0.39, 0.29) is 5.69 Å². The molecule has 0 spiro atoms. The Balaban J connectivity index is 3.31. The fourth-order valence-electron chi connectivity index (χ4n) is 1.15. The Morgan fingerprint density at radius 2 is 1.86 bits per heavy atom. The molecule has 0 radical (unpaired) electrons. The van der Waals surface area contributed by atoms with Crippen LogP contribution in [0.4, 0.5) is 13.2 Å². The topological polar surface area (TPSA) is 38.9 Å². The van der Waals surface area contributed by atoms with E-state index in [4.69, 9.17) is 5.73 Å². The van der Waals surface area contributed by atoms with Gasteiger partial charge in [-0.05, 0) is 26.0 Å². The van der Waals surface area contributed by atoms with E-state index in [2.05, 4.69) is 4.98 Å². The predicted molar refractivity (Wildman–Crippen MR) is 46.5 cm³/mol. The Kier molecular flexibility index (Phi) is 2.54. The maximum atomic E-state index is 12.5. The summed E-state index contributed by atoms with van der Waals surface area (Å²) in [7, 11) is 0. The van der Waals surface area contributed by atoms with E-state index in [1.54, 1.807) is 0 Å². The SMILES string of the molecule is CC(C)(N)c1ncccc1C(F)(F)F. The van der Waals surface area contributed by atoms with Crippen LogP contribution < -0.4 is 5.73 Å². The van der Waals surface area contributed by atoms with E-state index in [0.29, 0.717) is 0 Å². The zero-order chi connectivity index (χ0) is 11.0. The predicted octanol–water partition coefficient (Wildman–Crippen LogP) is 2.29. The van der Waals surface area contributed by atoms with Gasteiger partial charge in [-0.25, -0.2) is 0 Å². The third-order valence-corrected chi connectivity index (χ3v) is 1.72. The first-order chi connectivity index (χ1) is 6.23. The van der Waals surface area contributed by atoms with E-state index in [1.165, 1.54) is 26.1 Å². The molecule has 0 saturated heterocycles. The molecule has 0 amide bonds. The van der Waals surface area contributed by atoms with Gasteiger partial charge in [-0.2, -0.15) is 13.2 Å². The van der Waals surface area contributed by atoms with Crippen LogP contribution in [0, 0.1) is 0 Å². The zero-order valence-electron chi connectivity index (χ0n) is 7.89. The van der Waals surface area contributed by atoms with Gasteiger partial charge in [-0.15, -0.1) is 0 Å². The van der Waals surface area contributed by atoms with Crippen molar-refractivity contribution < 1.29 is 13.2 Å². The lowest BCUT2D eigenvalue weighted by Gasteiger charge is -2.22. The second kappa shape index (κ2) is 3.24. The summed E-state index contributed by atoms with van der Waals surface area (Å²) in [5.74, 6) is 0. The minimum Gasteiger partial charge on any atom is -0.321 e. The molecule has 1 aromatic heterocycles. The molecule has 0 atom stereocenters. The fraction of sp³-hybridized carbons (Fsp3) is 0.444. The summed E-state index contributed by atoms with van der Waals surface area (Å²) in [5, 5.41) is 0. The third-order valence-electron chi connectivity index (χ3n) is 1.72. The van der Waals surface area contributed by atoms with Gasteiger partial charge in [0.15, 0.2) is 0 Å². The van der Waals surface area contributed by atoms with E-state index in [0.717, 1.165) is 6.07 Å². The average molecular weight is 204 g/mol. The summed E-state index contributed by atoms with van der Waals surface area (Å²) in [6.45, 7) is 2.98. The molecule has 0 aliphatic heterocycles. The van der Waals surface area contributed by atoms with Crippen LogP contribution in [0.25, 0.3) is 0 Å². The lowest BCUT2D eigenvalue weighted by atomic mass is 9.96. The van der Waals surface area contributed by atoms with Crippen molar-refractivity contribution in [2.24, 2.45) is 5.73 Å². The van der Waals surface area contributed by atoms with Gasteiger partial charge in [0.1, 0.15) is 0 Å². The lowest BCUT2D eigenvalue weighted by Crippen LogP contribution is -2.33. The van der Waals surface area contributed by atoms with Gasteiger partial charge in [0.2, 0.25) is 0 Å². The number of aromatic nitrogens is 1. The summed E-state index contributed by atoms with van der Waals surface area (Å²) in [6, 6.07) is 2.23. The minimum absolute atomic E-state index is 0.132. The number of hydrogen-bond donors (Lipinski definition) is 1. The molecular weight excluding hydrogens is 193 g/mol. The van der Waals surface area contributed by atoms with Crippen LogP contribution in [-0.2, 0) is 11.7 Å². The highest BCUT2D eigenvalue weighted by molar-refractivity contribution is 5.27. The quantitative estimate of drug-likeness (QED) is 0.762. The molecular formula is C9H11F3N2. The molecule has 1 rings (SSSR count). The summed E-state index contributed by atoms with van der Waals surface area (Å²) >= 11 is 0. The van der Waals surface area contributed by atoms with Gasteiger partial charge in [0.25, 0.3) is 0 Å². The minimum atomic E-state index is -4.40. The van der Waals surface area contributed by atoms with Gasteiger partial charge in [-0.1, -0.05) is 0 Å². The number of rotatable bonds is 1. The van der Waals surface area contributed by atoms with Crippen molar-refractivity contribution in [3.8, 4) is 0 Å². The average Bonchev–Trinajstić information content (AvgIpc) is 2.01. The Morgan fingerprint density at radius 1 is 1.29 bits per heavy atom. The van der Waals surface area contributed by atoms with Gasteiger partial charge >= 0.3 is 6.18 Å². The number of alkyl halides is 3.